The molecule has 9 heteroatoms. The molecule has 150 valence electrons. The summed E-state index contributed by atoms with van der Waals surface area (Å²) >= 11 is 0. The maximum absolute atomic E-state index is 13.0. The summed E-state index contributed by atoms with van der Waals surface area (Å²) in [5.41, 5.74) is 0.822. The van der Waals surface area contributed by atoms with Gasteiger partial charge in [0.05, 0.1) is 19.1 Å². The summed E-state index contributed by atoms with van der Waals surface area (Å²) in [5.74, 6) is 0.712. The number of benzene rings is 1. The van der Waals surface area contributed by atoms with E-state index in [-0.39, 0.29) is 17.3 Å². The summed E-state index contributed by atoms with van der Waals surface area (Å²) in [4.78, 5) is 16.8. The lowest BCUT2D eigenvalue weighted by molar-refractivity contribution is -0.124. The molecular weight excluding hydrogens is 382 g/mol. The molecule has 8 nitrogen and oxygen atoms in total. The highest BCUT2D eigenvalue weighted by Crippen LogP contribution is 2.27. The highest BCUT2D eigenvalue weighted by Gasteiger charge is 2.39. The number of methoxy groups -OCH3 is 2. The van der Waals surface area contributed by atoms with E-state index >= 15 is 0 Å². The van der Waals surface area contributed by atoms with Gasteiger partial charge in [-0.25, -0.2) is 13.4 Å². The van der Waals surface area contributed by atoms with Crippen LogP contribution in [0.15, 0.2) is 47.5 Å². The summed E-state index contributed by atoms with van der Waals surface area (Å²) in [6.07, 6.45) is 2.72. The lowest BCUT2D eigenvalue weighted by Gasteiger charge is -2.23. The van der Waals surface area contributed by atoms with E-state index in [1.807, 2.05) is 0 Å². The van der Waals surface area contributed by atoms with E-state index in [0.29, 0.717) is 31.0 Å². The lowest BCUT2D eigenvalue weighted by Crippen LogP contribution is -2.45. The Labute approximate surface area is 164 Å². The normalized spacial score (nSPS) is 17.3. The summed E-state index contributed by atoms with van der Waals surface area (Å²) < 4.78 is 37.4. The number of sulfonamides is 1. The molecule has 1 aliphatic heterocycles. The molecule has 2 aromatic rings. The molecule has 1 unspecified atom stereocenters. The minimum Gasteiger partial charge on any atom is -0.497 e. The van der Waals surface area contributed by atoms with Gasteiger partial charge in [0.2, 0.25) is 21.8 Å². The predicted octanol–water partition coefficient (Wildman–Crippen LogP) is 1.57. The molecule has 1 N–H and O–H groups in total. The lowest BCUT2D eigenvalue weighted by atomic mass is 10.2. The zero-order valence-corrected chi connectivity index (χ0v) is 16.6. The van der Waals surface area contributed by atoms with Crippen LogP contribution in [0, 0.1) is 0 Å². The summed E-state index contributed by atoms with van der Waals surface area (Å²) in [5, 5.41) is 2.82. The summed E-state index contributed by atoms with van der Waals surface area (Å²) in [7, 11) is -0.729. The topological polar surface area (TPSA) is 97.8 Å². The van der Waals surface area contributed by atoms with Crippen molar-refractivity contribution in [1.82, 2.24) is 14.6 Å². The fourth-order valence-corrected chi connectivity index (χ4v) is 4.81. The van der Waals surface area contributed by atoms with Crippen molar-refractivity contribution in [3.8, 4) is 11.6 Å². The Morgan fingerprint density at radius 1 is 1.21 bits per heavy atom. The van der Waals surface area contributed by atoms with Crippen LogP contribution in [0.2, 0.25) is 0 Å². The van der Waals surface area contributed by atoms with E-state index in [0.717, 1.165) is 5.56 Å². The van der Waals surface area contributed by atoms with Gasteiger partial charge in [0, 0.05) is 25.4 Å². The van der Waals surface area contributed by atoms with Crippen molar-refractivity contribution in [2.45, 2.75) is 30.3 Å². The van der Waals surface area contributed by atoms with Gasteiger partial charge in [0.1, 0.15) is 11.8 Å². The quantitative estimate of drug-likeness (QED) is 0.751. The molecule has 1 atom stereocenters. The van der Waals surface area contributed by atoms with Crippen LogP contribution in [-0.2, 0) is 21.4 Å². The molecule has 1 saturated heterocycles. The average molecular weight is 405 g/mol. The molecule has 0 saturated carbocycles. The number of hydrogen-bond acceptors (Lipinski definition) is 6. The molecule has 28 heavy (non-hydrogen) atoms. The van der Waals surface area contributed by atoms with Crippen molar-refractivity contribution >= 4 is 15.9 Å². The van der Waals surface area contributed by atoms with Crippen LogP contribution in [0.1, 0.15) is 18.4 Å². The number of carbonyl (C=O) groups excluding carboxylic acids is 1. The Bertz CT molecular complexity index is 931. The van der Waals surface area contributed by atoms with Crippen molar-refractivity contribution in [1.29, 1.82) is 0 Å². The predicted molar refractivity (Wildman–Crippen MR) is 103 cm³/mol. The number of ether oxygens (including phenoxy) is 2. The first-order valence-corrected chi connectivity index (χ1v) is 10.3. The molecule has 1 aromatic heterocycles. The number of amides is 1. The number of aromatic nitrogens is 1. The smallest absolute Gasteiger partial charge is 0.243 e. The third-order valence-corrected chi connectivity index (χ3v) is 6.57. The molecule has 1 aromatic carbocycles. The monoisotopic (exact) mass is 405 g/mol. The van der Waals surface area contributed by atoms with Crippen molar-refractivity contribution in [2.24, 2.45) is 0 Å². The van der Waals surface area contributed by atoms with E-state index in [1.165, 1.54) is 30.7 Å². The van der Waals surface area contributed by atoms with Gasteiger partial charge in [-0.3, -0.25) is 4.79 Å². The Morgan fingerprint density at radius 2 is 1.96 bits per heavy atom. The second kappa shape index (κ2) is 8.57. The van der Waals surface area contributed by atoms with E-state index in [4.69, 9.17) is 9.47 Å². The Morgan fingerprint density at radius 3 is 2.64 bits per heavy atom. The van der Waals surface area contributed by atoms with E-state index in [9.17, 15) is 13.2 Å². The van der Waals surface area contributed by atoms with Gasteiger partial charge in [-0.1, -0.05) is 0 Å². The number of carbonyl (C=O) groups is 1. The maximum Gasteiger partial charge on any atom is 0.243 e. The van der Waals surface area contributed by atoms with Crippen LogP contribution in [-0.4, -0.2) is 50.4 Å². The van der Waals surface area contributed by atoms with E-state index in [1.54, 1.807) is 30.5 Å². The molecule has 2 heterocycles. The molecule has 0 bridgehead atoms. The maximum atomic E-state index is 13.0. The Kier molecular flexibility index (Phi) is 6.15. The number of rotatable bonds is 7. The highest BCUT2D eigenvalue weighted by atomic mass is 32.2. The van der Waals surface area contributed by atoms with Gasteiger partial charge >= 0.3 is 0 Å². The van der Waals surface area contributed by atoms with Crippen LogP contribution < -0.4 is 14.8 Å². The molecule has 3 rings (SSSR count). The zero-order valence-electron chi connectivity index (χ0n) is 15.8. The Hall–Kier alpha value is -2.65. The van der Waals surface area contributed by atoms with Gasteiger partial charge in [-0.05, 0) is 48.7 Å². The van der Waals surface area contributed by atoms with Crippen molar-refractivity contribution in [2.75, 3.05) is 20.8 Å². The van der Waals surface area contributed by atoms with Crippen LogP contribution in [0.4, 0.5) is 0 Å². The second-order valence-electron chi connectivity index (χ2n) is 6.37. The number of hydrogen-bond donors (Lipinski definition) is 1. The molecule has 1 aliphatic rings. The largest absolute Gasteiger partial charge is 0.497 e. The van der Waals surface area contributed by atoms with Crippen LogP contribution >= 0.6 is 0 Å². The highest BCUT2D eigenvalue weighted by molar-refractivity contribution is 7.89. The molecule has 1 fully saturated rings. The molecule has 0 radical (unpaired) electrons. The van der Waals surface area contributed by atoms with E-state index < -0.39 is 16.1 Å². The van der Waals surface area contributed by atoms with Crippen LogP contribution in [0.3, 0.4) is 0 Å². The first-order chi connectivity index (χ1) is 13.5. The summed E-state index contributed by atoms with van der Waals surface area (Å²) in [6.45, 7) is 0.583. The van der Waals surface area contributed by atoms with Gasteiger partial charge < -0.3 is 14.8 Å². The second-order valence-corrected chi connectivity index (χ2v) is 8.26. The third-order valence-electron chi connectivity index (χ3n) is 4.65. The number of nitrogens with one attached hydrogen (secondary N) is 1. The average Bonchev–Trinajstić information content (AvgIpc) is 3.23. The number of nitrogens with zero attached hydrogens (tertiary/aromatic N) is 2. The van der Waals surface area contributed by atoms with E-state index in [2.05, 4.69) is 10.3 Å². The standard InChI is InChI=1S/C19H23N3O5S/c1-26-15-5-7-16(8-6-15)28(24,25)22-11-3-4-17(22)19(23)21-13-14-9-10-20-18(12-14)27-2/h5-10,12,17H,3-4,11,13H2,1-2H3,(H,21,23). The van der Waals surface area contributed by atoms with Crippen molar-refractivity contribution in [3.05, 3.63) is 48.2 Å². The van der Waals surface area contributed by atoms with Crippen LogP contribution in [0.25, 0.3) is 0 Å². The fourth-order valence-electron chi connectivity index (χ4n) is 3.15. The molecule has 0 spiro atoms. The minimum absolute atomic E-state index is 0.145. The summed E-state index contributed by atoms with van der Waals surface area (Å²) in [6, 6.07) is 8.93. The first kappa shape index (κ1) is 20.1. The molecule has 0 aliphatic carbocycles. The Balaban J connectivity index is 1.71. The fraction of sp³-hybridized carbons (Fsp3) is 0.368. The van der Waals surface area contributed by atoms with Crippen molar-refractivity contribution < 1.29 is 22.7 Å². The van der Waals surface area contributed by atoms with Gasteiger partial charge in [-0.15, -0.1) is 0 Å². The SMILES string of the molecule is COc1ccc(S(=O)(=O)N2CCCC2C(=O)NCc2ccnc(OC)c2)cc1. The van der Waals surface area contributed by atoms with Gasteiger partial charge in [0.15, 0.2) is 0 Å². The van der Waals surface area contributed by atoms with Gasteiger partial charge in [-0.2, -0.15) is 4.31 Å². The van der Waals surface area contributed by atoms with Crippen molar-refractivity contribution in [3.63, 3.8) is 0 Å². The first-order valence-electron chi connectivity index (χ1n) is 8.88. The zero-order chi connectivity index (χ0) is 20.1. The number of pyridine rings is 1. The molecule has 1 amide bonds. The third kappa shape index (κ3) is 4.26. The van der Waals surface area contributed by atoms with Crippen LogP contribution in [0.5, 0.6) is 11.6 Å². The molecular formula is C19H23N3O5S. The minimum atomic E-state index is -3.76. The van der Waals surface area contributed by atoms with Gasteiger partial charge in [0.25, 0.3) is 0 Å².